The molecular weight excluding hydrogens is 302 g/mol. The van der Waals surface area contributed by atoms with Crippen LogP contribution in [0, 0.1) is 6.92 Å². The largest absolute Gasteiger partial charge is 0.380 e. The van der Waals surface area contributed by atoms with Gasteiger partial charge in [0.05, 0.1) is 0 Å². The van der Waals surface area contributed by atoms with Gasteiger partial charge in [-0.2, -0.15) is 0 Å². The summed E-state index contributed by atoms with van der Waals surface area (Å²) in [5.74, 6) is 0. The Kier molecular flexibility index (Phi) is 3.25. The third kappa shape index (κ3) is 2.49. The highest BCUT2D eigenvalue weighted by Gasteiger charge is 2.05. The normalized spacial score (nSPS) is 10.8. The molecule has 0 aliphatic carbocycles. The topological polar surface area (TPSA) is 40.7 Å². The van der Waals surface area contributed by atoms with E-state index in [0.717, 1.165) is 22.4 Å². The van der Waals surface area contributed by atoms with Gasteiger partial charge in [-0.15, -0.1) is 0 Å². The smallest absolute Gasteiger partial charge is 0.137 e. The number of H-pyrrole nitrogens is 1. The molecule has 3 rings (SSSR count). The van der Waals surface area contributed by atoms with E-state index in [4.69, 9.17) is 0 Å². The summed E-state index contributed by atoms with van der Waals surface area (Å²) in [4.78, 5) is 7.48. The molecule has 2 heterocycles. The second-order valence-electron chi connectivity index (χ2n) is 4.55. The molecule has 0 saturated heterocycles. The number of aromatic nitrogens is 2. The van der Waals surface area contributed by atoms with Gasteiger partial charge in [-0.05, 0) is 58.2 Å². The second kappa shape index (κ2) is 5.05. The van der Waals surface area contributed by atoms with Crippen molar-refractivity contribution in [3.05, 3.63) is 58.3 Å². The van der Waals surface area contributed by atoms with E-state index in [-0.39, 0.29) is 0 Å². The molecule has 3 aromatic rings. The molecule has 1 aromatic carbocycles. The summed E-state index contributed by atoms with van der Waals surface area (Å²) >= 11 is 3.56. The number of benzene rings is 1. The van der Waals surface area contributed by atoms with Gasteiger partial charge in [-0.1, -0.05) is 6.07 Å². The van der Waals surface area contributed by atoms with E-state index < -0.39 is 0 Å². The second-order valence-corrected chi connectivity index (χ2v) is 5.40. The molecule has 0 bridgehead atoms. The minimum Gasteiger partial charge on any atom is -0.380 e. The molecule has 2 aromatic heterocycles. The van der Waals surface area contributed by atoms with Crippen molar-refractivity contribution in [2.75, 3.05) is 5.32 Å². The Morgan fingerprint density at radius 1 is 1.32 bits per heavy atom. The number of aryl methyl sites for hydroxylation is 1. The van der Waals surface area contributed by atoms with Crippen LogP contribution in [0.1, 0.15) is 11.1 Å². The lowest BCUT2D eigenvalue weighted by Crippen LogP contribution is -1.99. The lowest BCUT2D eigenvalue weighted by Gasteiger charge is -2.09. The number of pyridine rings is 1. The fraction of sp³-hybridized carbons (Fsp3) is 0.133. The molecule has 0 aliphatic heterocycles. The van der Waals surface area contributed by atoms with E-state index in [0.29, 0.717) is 0 Å². The number of fused-ring (bicyclic) bond motifs is 1. The number of aromatic amines is 1. The Morgan fingerprint density at radius 3 is 3.11 bits per heavy atom. The number of rotatable bonds is 3. The van der Waals surface area contributed by atoms with Crippen molar-refractivity contribution in [3.8, 4) is 0 Å². The fourth-order valence-corrected chi connectivity index (χ4v) is 2.51. The highest BCUT2D eigenvalue weighted by Crippen LogP contribution is 2.25. The van der Waals surface area contributed by atoms with E-state index in [1.165, 1.54) is 16.5 Å². The summed E-state index contributed by atoms with van der Waals surface area (Å²) < 4.78 is 1.08. The molecule has 0 radical (unpaired) electrons. The van der Waals surface area contributed by atoms with Crippen molar-refractivity contribution in [2.24, 2.45) is 0 Å². The number of halogens is 1. The molecule has 0 saturated carbocycles. The predicted octanol–water partition coefficient (Wildman–Crippen LogP) is 4.25. The molecule has 0 amide bonds. The lowest BCUT2D eigenvalue weighted by atomic mass is 10.2. The maximum absolute atomic E-state index is 4.30. The van der Waals surface area contributed by atoms with Crippen LogP contribution in [0.2, 0.25) is 0 Å². The Balaban J connectivity index is 1.84. The quantitative estimate of drug-likeness (QED) is 0.758. The molecular formula is C15H14BrN3. The Morgan fingerprint density at radius 2 is 2.21 bits per heavy atom. The minimum absolute atomic E-state index is 0.772. The zero-order valence-electron chi connectivity index (χ0n) is 10.6. The van der Waals surface area contributed by atoms with Gasteiger partial charge in [0, 0.05) is 34.5 Å². The molecule has 2 N–H and O–H groups in total. The first-order valence-corrected chi connectivity index (χ1v) is 6.94. The third-order valence-corrected chi connectivity index (χ3v) is 3.82. The zero-order chi connectivity index (χ0) is 13.2. The number of nitrogens with one attached hydrogen (secondary N) is 2. The standard InChI is InChI=1S/C15H14BrN3/c1-10-4-5-13(16)14(7-10)18-8-11-9-19-15-12(11)3-2-6-17-15/h2-7,9,18H,8H2,1H3,(H,17,19). The molecule has 0 aliphatic rings. The highest BCUT2D eigenvalue weighted by atomic mass is 79.9. The van der Waals surface area contributed by atoms with E-state index >= 15 is 0 Å². The van der Waals surface area contributed by atoms with Crippen LogP contribution in [0.25, 0.3) is 11.0 Å². The summed E-state index contributed by atoms with van der Waals surface area (Å²) in [7, 11) is 0. The van der Waals surface area contributed by atoms with E-state index in [1.54, 1.807) is 6.20 Å². The van der Waals surface area contributed by atoms with Crippen LogP contribution < -0.4 is 5.32 Å². The SMILES string of the molecule is Cc1ccc(Br)c(NCc2c[nH]c3ncccc23)c1. The van der Waals surface area contributed by atoms with Gasteiger partial charge in [0.15, 0.2) is 0 Å². The number of nitrogens with zero attached hydrogens (tertiary/aromatic N) is 1. The maximum Gasteiger partial charge on any atom is 0.137 e. The van der Waals surface area contributed by atoms with Gasteiger partial charge in [-0.25, -0.2) is 4.98 Å². The monoisotopic (exact) mass is 315 g/mol. The summed E-state index contributed by atoms with van der Waals surface area (Å²) in [6, 6.07) is 10.3. The van der Waals surface area contributed by atoms with Crippen molar-refractivity contribution in [1.82, 2.24) is 9.97 Å². The van der Waals surface area contributed by atoms with Crippen molar-refractivity contribution in [1.29, 1.82) is 0 Å². The van der Waals surface area contributed by atoms with Crippen molar-refractivity contribution >= 4 is 32.7 Å². The van der Waals surface area contributed by atoms with Crippen LogP contribution in [-0.2, 0) is 6.54 Å². The van der Waals surface area contributed by atoms with Crippen molar-refractivity contribution in [2.45, 2.75) is 13.5 Å². The van der Waals surface area contributed by atoms with Gasteiger partial charge in [0.2, 0.25) is 0 Å². The van der Waals surface area contributed by atoms with E-state index in [1.807, 2.05) is 12.3 Å². The van der Waals surface area contributed by atoms with Gasteiger partial charge < -0.3 is 10.3 Å². The average Bonchev–Trinajstić information content (AvgIpc) is 2.83. The summed E-state index contributed by atoms with van der Waals surface area (Å²) in [6.45, 7) is 2.86. The third-order valence-electron chi connectivity index (χ3n) is 3.13. The zero-order valence-corrected chi connectivity index (χ0v) is 12.2. The number of anilines is 1. The Bertz CT molecular complexity index is 718. The van der Waals surface area contributed by atoms with Gasteiger partial charge >= 0.3 is 0 Å². The molecule has 3 nitrogen and oxygen atoms in total. The lowest BCUT2D eigenvalue weighted by molar-refractivity contribution is 1.16. The van der Waals surface area contributed by atoms with Crippen LogP contribution in [0.15, 0.2) is 47.2 Å². The van der Waals surface area contributed by atoms with Gasteiger partial charge in [0.25, 0.3) is 0 Å². The van der Waals surface area contributed by atoms with Gasteiger partial charge in [0.1, 0.15) is 5.65 Å². The first-order valence-electron chi connectivity index (χ1n) is 6.15. The predicted molar refractivity (Wildman–Crippen MR) is 82.3 cm³/mol. The van der Waals surface area contributed by atoms with E-state index in [9.17, 15) is 0 Å². The fourth-order valence-electron chi connectivity index (χ4n) is 2.12. The molecule has 96 valence electrons. The Hall–Kier alpha value is -1.81. The summed E-state index contributed by atoms with van der Waals surface area (Å²) in [5.41, 5.74) is 4.50. The molecule has 0 atom stereocenters. The van der Waals surface area contributed by atoms with Crippen molar-refractivity contribution in [3.63, 3.8) is 0 Å². The Labute approximate surface area is 120 Å². The highest BCUT2D eigenvalue weighted by molar-refractivity contribution is 9.10. The molecule has 4 heteroatoms. The van der Waals surface area contributed by atoms with Crippen LogP contribution in [0.5, 0.6) is 0 Å². The molecule has 0 fully saturated rings. The van der Waals surface area contributed by atoms with Gasteiger partial charge in [-0.3, -0.25) is 0 Å². The summed E-state index contributed by atoms with van der Waals surface area (Å²) in [6.07, 6.45) is 3.81. The van der Waals surface area contributed by atoms with Crippen LogP contribution in [-0.4, -0.2) is 9.97 Å². The molecule has 0 spiro atoms. The molecule has 0 unspecified atom stereocenters. The van der Waals surface area contributed by atoms with Crippen LogP contribution >= 0.6 is 15.9 Å². The minimum atomic E-state index is 0.772. The summed E-state index contributed by atoms with van der Waals surface area (Å²) in [5, 5.41) is 4.62. The first-order chi connectivity index (χ1) is 9.24. The van der Waals surface area contributed by atoms with Crippen molar-refractivity contribution < 1.29 is 0 Å². The number of hydrogen-bond donors (Lipinski definition) is 2. The molecule has 19 heavy (non-hydrogen) atoms. The maximum atomic E-state index is 4.30. The van der Waals surface area contributed by atoms with E-state index in [2.05, 4.69) is 62.4 Å². The van der Waals surface area contributed by atoms with Crippen LogP contribution in [0.4, 0.5) is 5.69 Å². The van der Waals surface area contributed by atoms with Crippen LogP contribution in [0.3, 0.4) is 0 Å². The average molecular weight is 316 g/mol. The number of hydrogen-bond acceptors (Lipinski definition) is 2. The first kappa shape index (κ1) is 12.2.